The molecule has 0 saturated carbocycles. The van der Waals surface area contributed by atoms with Crippen LogP contribution in [0.4, 0.5) is 4.39 Å². The lowest BCUT2D eigenvalue weighted by molar-refractivity contribution is 0.0814. The van der Waals surface area contributed by atoms with Crippen molar-refractivity contribution >= 4 is 11.8 Å². The predicted octanol–water partition coefficient (Wildman–Crippen LogP) is 2.52. The van der Waals surface area contributed by atoms with E-state index in [0.29, 0.717) is 12.3 Å². The fourth-order valence-corrected chi connectivity index (χ4v) is 3.21. The number of thioether (sulfide) groups is 1. The maximum Gasteiger partial charge on any atom is 0.123 e. The summed E-state index contributed by atoms with van der Waals surface area (Å²) in [6, 6.07) is 5.17. The van der Waals surface area contributed by atoms with Gasteiger partial charge in [0.15, 0.2) is 0 Å². The van der Waals surface area contributed by atoms with E-state index >= 15 is 0 Å². The molecule has 1 aliphatic rings. The van der Waals surface area contributed by atoms with Gasteiger partial charge in [-0.1, -0.05) is 6.07 Å². The zero-order chi connectivity index (χ0) is 13.2. The second kappa shape index (κ2) is 5.59. The molecule has 0 aromatic heterocycles. The smallest absolute Gasteiger partial charge is 0.123 e. The lowest BCUT2D eigenvalue weighted by atomic mass is 10.1. The van der Waals surface area contributed by atoms with Crippen LogP contribution in [0.2, 0.25) is 0 Å². The SMILES string of the molecule is CSCC(C)(O)CNC1CCc2ccc(F)cc21. The Morgan fingerprint density at radius 1 is 1.56 bits per heavy atom. The molecule has 2 N–H and O–H groups in total. The molecule has 0 saturated heterocycles. The molecular formula is C14H20FNOS. The van der Waals surface area contributed by atoms with Gasteiger partial charge in [-0.3, -0.25) is 0 Å². The van der Waals surface area contributed by atoms with Gasteiger partial charge in [0.1, 0.15) is 5.82 Å². The average molecular weight is 269 g/mol. The maximum atomic E-state index is 13.2. The Morgan fingerprint density at radius 3 is 3.06 bits per heavy atom. The minimum Gasteiger partial charge on any atom is -0.388 e. The largest absolute Gasteiger partial charge is 0.388 e. The second-order valence-corrected chi connectivity index (χ2v) is 6.11. The van der Waals surface area contributed by atoms with Gasteiger partial charge in [-0.25, -0.2) is 4.39 Å². The third-order valence-electron chi connectivity index (χ3n) is 3.37. The molecule has 2 rings (SSSR count). The molecule has 2 atom stereocenters. The highest BCUT2D eigenvalue weighted by Crippen LogP contribution is 2.31. The van der Waals surface area contributed by atoms with Gasteiger partial charge in [-0.2, -0.15) is 11.8 Å². The number of aliphatic hydroxyl groups is 1. The normalized spacial score (nSPS) is 21.7. The van der Waals surface area contributed by atoms with Crippen LogP contribution in [0.1, 0.15) is 30.5 Å². The minimum absolute atomic E-state index is 0.170. The number of benzene rings is 1. The maximum absolute atomic E-state index is 13.2. The van der Waals surface area contributed by atoms with Crippen molar-refractivity contribution in [1.29, 1.82) is 0 Å². The van der Waals surface area contributed by atoms with E-state index in [1.165, 1.54) is 11.6 Å². The van der Waals surface area contributed by atoms with Crippen LogP contribution in [-0.2, 0) is 6.42 Å². The lowest BCUT2D eigenvalue weighted by Gasteiger charge is -2.25. The first kappa shape index (κ1) is 13.8. The van der Waals surface area contributed by atoms with E-state index in [-0.39, 0.29) is 11.9 Å². The minimum atomic E-state index is -0.713. The number of rotatable bonds is 5. The van der Waals surface area contributed by atoms with E-state index in [1.54, 1.807) is 17.8 Å². The number of hydrogen-bond acceptors (Lipinski definition) is 3. The summed E-state index contributed by atoms with van der Waals surface area (Å²) < 4.78 is 13.2. The Labute approximate surface area is 112 Å². The van der Waals surface area contributed by atoms with Crippen molar-refractivity contribution in [3.05, 3.63) is 35.1 Å². The molecule has 0 aliphatic heterocycles. The average Bonchev–Trinajstić information content (AvgIpc) is 2.69. The highest BCUT2D eigenvalue weighted by atomic mass is 32.2. The van der Waals surface area contributed by atoms with E-state index in [2.05, 4.69) is 5.32 Å². The molecule has 1 aromatic rings. The highest BCUT2D eigenvalue weighted by molar-refractivity contribution is 7.98. The summed E-state index contributed by atoms with van der Waals surface area (Å²) in [6.07, 6.45) is 3.95. The molecule has 0 radical (unpaired) electrons. The van der Waals surface area contributed by atoms with Crippen LogP contribution in [-0.4, -0.2) is 29.3 Å². The molecule has 0 bridgehead atoms. The fraction of sp³-hybridized carbons (Fsp3) is 0.571. The van der Waals surface area contributed by atoms with Crippen molar-refractivity contribution in [2.45, 2.75) is 31.4 Å². The molecule has 4 heteroatoms. The zero-order valence-corrected chi connectivity index (χ0v) is 11.7. The van der Waals surface area contributed by atoms with Crippen LogP contribution in [0.25, 0.3) is 0 Å². The molecule has 100 valence electrons. The number of fused-ring (bicyclic) bond motifs is 1. The van der Waals surface area contributed by atoms with Crippen molar-refractivity contribution in [2.75, 3.05) is 18.6 Å². The fourth-order valence-electron chi connectivity index (χ4n) is 2.49. The van der Waals surface area contributed by atoms with Gasteiger partial charge in [0.25, 0.3) is 0 Å². The summed E-state index contributed by atoms with van der Waals surface area (Å²) in [6.45, 7) is 2.37. The van der Waals surface area contributed by atoms with Crippen molar-refractivity contribution in [1.82, 2.24) is 5.32 Å². The van der Waals surface area contributed by atoms with Gasteiger partial charge in [0.2, 0.25) is 0 Å². The molecule has 0 fully saturated rings. The number of nitrogens with one attached hydrogen (secondary N) is 1. The molecule has 1 aromatic carbocycles. The highest BCUT2D eigenvalue weighted by Gasteiger charge is 2.26. The van der Waals surface area contributed by atoms with Gasteiger partial charge in [0, 0.05) is 18.3 Å². The zero-order valence-electron chi connectivity index (χ0n) is 10.9. The quantitative estimate of drug-likeness (QED) is 0.861. The second-order valence-electron chi connectivity index (χ2n) is 5.25. The third-order valence-corrected chi connectivity index (χ3v) is 4.28. The molecule has 0 heterocycles. The molecule has 0 amide bonds. The molecular weight excluding hydrogens is 249 g/mol. The summed E-state index contributed by atoms with van der Waals surface area (Å²) >= 11 is 1.63. The van der Waals surface area contributed by atoms with E-state index in [4.69, 9.17) is 0 Å². The van der Waals surface area contributed by atoms with Crippen LogP contribution in [0, 0.1) is 5.82 Å². The Morgan fingerprint density at radius 2 is 2.33 bits per heavy atom. The standard InChI is InChI=1S/C14H20FNOS/c1-14(17,9-18-2)8-16-13-6-4-10-3-5-11(15)7-12(10)13/h3,5,7,13,16-17H,4,6,8-9H2,1-2H3. The first-order valence-electron chi connectivity index (χ1n) is 6.25. The van der Waals surface area contributed by atoms with Gasteiger partial charge < -0.3 is 10.4 Å². The van der Waals surface area contributed by atoms with E-state index < -0.39 is 5.60 Å². The van der Waals surface area contributed by atoms with Crippen LogP contribution in [0.3, 0.4) is 0 Å². The van der Waals surface area contributed by atoms with Gasteiger partial charge in [0.05, 0.1) is 5.60 Å². The number of aryl methyl sites for hydroxylation is 1. The monoisotopic (exact) mass is 269 g/mol. The first-order valence-corrected chi connectivity index (χ1v) is 7.64. The van der Waals surface area contributed by atoms with E-state index in [1.807, 2.05) is 19.2 Å². The summed E-state index contributed by atoms with van der Waals surface area (Å²) in [7, 11) is 0. The Balaban J connectivity index is 1.99. The van der Waals surface area contributed by atoms with E-state index in [0.717, 1.165) is 18.4 Å². The van der Waals surface area contributed by atoms with Crippen molar-refractivity contribution < 1.29 is 9.50 Å². The van der Waals surface area contributed by atoms with Crippen molar-refractivity contribution in [2.24, 2.45) is 0 Å². The summed E-state index contributed by atoms with van der Waals surface area (Å²) in [5, 5.41) is 13.5. The number of halogens is 1. The van der Waals surface area contributed by atoms with Gasteiger partial charge in [-0.15, -0.1) is 0 Å². The molecule has 2 nitrogen and oxygen atoms in total. The van der Waals surface area contributed by atoms with Crippen LogP contribution in [0.5, 0.6) is 0 Å². The van der Waals surface area contributed by atoms with Crippen LogP contribution >= 0.6 is 11.8 Å². The van der Waals surface area contributed by atoms with Crippen LogP contribution in [0.15, 0.2) is 18.2 Å². The Bertz CT molecular complexity index is 422. The lowest BCUT2D eigenvalue weighted by Crippen LogP contribution is -2.41. The predicted molar refractivity (Wildman–Crippen MR) is 74.5 cm³/mol. The van der Waals surface area contributed by atoms with E-state index in [9.17, 15) is 9.50 Å². The summed E-state index contributed by atoms with van der Waals surface area (Å²) in [4.78, 5) is 0. The van der Waals surface area contributed by atoms with Crippen molar-refractivity contribution in [3.63, 3.8) is 0 Å². The molecule has 2 unspecified atom stereocenters. The first-order chi connectivity index (χ1) is 8.52. The topological polar surface area (TPSA) is 32.3 Å². The van der Waals surface area contributed by atoms with Gasteiger partial charge in [-0.05, 0) is 49.3 Å². The van der Waals surface area contributed by atoms with Crippen LogP contribution < -0.4 is 5.32 Å². The summed E-state index contributed by atoms with van der Waals surface area (Å²) in [5.74, 6) is 0.515. The molecule has 18 heavy (non-hydrogen) atoms. The van der Waals surface area contributed by atoms with Gasteiger partial charge >= 0.3 is 0 Å². The number of hydrogen-bond donors (Lipinski definition) is 2. The molecule has 0 spiro atoms. The van der Waals surface area contributed by atoms with Crippen molar-refractivity contribution in [3.8, 4) is 0 Å². The third kappa shape index (κ3) is 3.25. The molecule has 1 aliphatic carbocycles. The Kier molecular flexibility index (Phi) is 4.30. The summed E-state index contributed by atoms with van der Waals surface area (Å²) in [5.41, 5.74) is 1.56. The Hall–Kier alpha value is -0.580.